The smallest absolute Gasteiger partial charge is 0.410 e. The number of carbonyl (C=O) groups is 2. The lowest BCUT2D eigenvalue weighted by molar-refractivity contribution is 0.0292. The molecular weight excluding hydrogens is 534 g/mol. The van der Waals surface area contributed by atoms with Crippen LogP contribution in [-0.4, -0.2) is 89.8 Å². The highest BCUT2D eigenvalue weighted by molar-refractivity contribution is 6.00. The van der Waals surface area contributed by atoms with E-state index in [2.05, 4.69) is 24.8 Å². The third-order valence-electron chi connectivity index (χ3n) is 7.58. The zero-order valence-corrected chi connectivity index (χ0v) is 24.7. The first-order chi connectivity index (χ1) is 20.1. The van der Waals surface area contributed by atoms with Crippen LogP contribution >= 0.6 is 0 Å². The van der Waals surface area contributed by atoms with E-state index in [4.69, 9.17) is 15.2 Å². The number of hydrogen-bond donors (Lipinski definition) is 1. The number of pyridine rings is 1. The van der Waals surface area contributed by atoms with Crippen molar-refractivity contribution in [3.05, 3.63) is 60.2 Å². The summed E-state index contributed by atoms with van der Waals surface area (Å²) in [5.41, 5.74) is 9.96. The van der Waals surface area contributed by atoms with E-state index in [0.717, 1.165) is 42.0 Å². The van der Waals surface area contributed by atoms with Crippen LogP contribution in [0.4, 0.5) is 22.0 Å². The van der Waals surface area contributed by atoms with Gasteiger partial charge in [0.25, 0.3) is 0 Å². The molecule has 4 heterocycles. The summed E-state index contributed by atoms with van der Waals surface area (Å²) in [5.74, 6) is -0.107. The number of amides is 1. The summed E-state index contributed by atoms with van der Waals surface area (Å²) in [6.45, 7) is 9.71. The Kier molecular flexibility index (Phi) is 8.58. The molecule has 0 spiro atoms. The van der Waals surface area contributed by atoms with Gasteiger partial charge in [0.2, 0.25) is 0 Å². The monoisotopic (exact) mass is 573 g/mol. The minimum absolute atomic E-state index is 0.104. The van der Waals surface area contributed by atoms with Crippen molar-refractivity contribution in [1.29, 1.82) is 0 Å². The number of rotatable bonds is 7. The molecule has 0 radical (unpaired) electrons. The standard InChI is InChI=1S/C31H39N7O4/c1-31(2,3)42-30(40)38-12-10-24(20-38)36(4)23-7-5-21(6-8-23)25-19-34-29(32)28(35-25)27(39)17-22-18-33-11-9-26(22)37-13-15-41-16-14-37/h5-9,11,18-19,24H,10,12-17,20H2,1-4H3,(H2,32,34)/t24-/m1/s1. The molecule has 2 saturated heterocycles. The molecule has 0 saturated carbocycles. The minimum Gasteiger partial charge on any atom is -0.444 e. The van der Waals surface area contributed by atoms with Gasteiger partial charge >= 0.3 is 6.09 Å². The fourth-order valence-electron chi connectivity index (χ4n) is 5.30. The van der Waals surface area contributed by atoms with Gasteiger partial charge < -0.3 is 29.9 Å². The summed E-state index contributed by atoms with van der Waals surface area (Å²) >= 11 is 0. The zero-order valence-electron chi connectivity index (χ0n) is 24.7. The van der Waals surface area contributed by atoms with Crippen molar-refractivity contribution in [1.82, 2.24) is 19.9 Å². The van der Waals surface area contributed by atoms with E-state index in [9.17, 15) is 9.59 Å². The summed E-state index contributed by atoms with van der Waals surface area (Å²) < 4.78 is 11.0. The predicted octanol–water partition coefficient (Wildman–Crippen LogP) is 3.83. The Hall–Kier alpha value is -4.25. The molecule has 2 fully saturated rings. The van der Waals surface area contributed by atoms with Gasteiger partial charge in [-0.1, -0.05) is 12.1 Å². The Morgan fingerprint density at radius 1 is 1.10 bits per heavy atom. The molecule has 2 aliphatic heterocycles. The highest BCUT2D eigenvalue weighted by Crippen LogP contribution is 2.27. The van der Waals surface area contributed by atoms with Gasteiger partial charge in [-0.3, -0.25) is 9.78 Å². The van der Waals surface area contributed by atoms with E-state index in [-0.39, 0.29) is 35.9 Å². The molecule has 1 amide bonds. The average molecular weight is 574 g/mol. The summed E-state index contributed by atoms with van der Waals surface area (Å²) in [6, 6.07) is 10.0. The fraction of sp³-hybridized carbons (Fsp3) is 0.452. The highest BCUT2D eigenvalue weighted by atomic mass is 16.6. The number of nitrogens with zero attached hydrogens (tertiary/aromatic N) is 6. The number of aromatic nitrogens is 3. The first-order valence-electron chi connectivity index (χ1n) is 14.3. The number of likely N-dealkylation sites (tertiary alicyclic amines) is 1. The third-order valence-corrected chi connectivity index (χ3v) is 7.58. The molecule has 11 nitrogen and oxygen atoms in total. The normalized spacial score (nSPS) is 17.3. The molecule has 11 heteroatoms. The van der Waals surface area contributed by atoms with Crippen molar-refractivity contribution in [3.8, 4) is 11.3 Å². The van der Waals surface area contributed by atoms with Crippen molar-refractivity contribution < 1.29 is 19.1 Å². The Bertz CT molecular complexity index is 1420. The maximum absolute atomic E-state index is 13.4. The molecule has 2 aliphatic rings. The van der Waals surface area contributed by atoms with Gasteiger partial charge in [-0.05, 0) is 45.4 Å². The van der Waals surface area contributed by atoms with Crippen molar-refractivity contribution in [2.24, 2.45) is 0 Å². The van der Waals surface area contributed by atoms with Crippen LogP contribution in [0.1, 0.15) is 43.2 Å². The molecule has 5 rings (SSSR count). The number of anilines is 3. The first-order valence-corrected chi connectivity index (χ1v) is 14.3. The molecule has 42 heavy (non-hydrogen) atoms. The number of likely N-dealkylation sites (N-methyl/N-ethyl adjacent to an activating group) is 1. The SMILES string of the molecule is CN(c1ccc(-c2cnc(N)c(C(=O)Cc3cnccc3N3CCOCC3)n2)cc1)[C@@H]1CCN(C(=O)OC(C)(C)C)C1. The van der Waals surface area contributed by atoms with E-state index in [1.54, 1.807) is 23.5 Å². The van der Waals surface area contributed by atoms with Gasteiger partial charge in [0, 0.05) is 80.6 Å². The fourth-order valence-corrected chi connectivity index (χ4v) is 5.30. The molecular formula is C31H39N7O4. The van der Waals surface area contributed by atoms with Gasteiger partial charge in [-0.2, -0.15) is 0 Å². The van der Waals surface area contributed by atoms with Gasteiger partial charge in [0.1, 0.15) is 11.3 Å². The topological polar surface area (TPSA) is 127 Å². The van der Waals surface area contributed by atoms with Crippen LogP contribution in [0.25, 0.3) is 11.3 Å². The summed E-state index contributed by atoms with van der Waals surface area (Å²) in [6.07, 6.45) is 5.75. The van der Waals surface area contributed by atoms with E-state index in [0.29, 0.717) is 32.0 Å². The Morgan fingerprint density at radius 3 is 2.55 bits per heavy atom. The molecule has 0 aliphatic carbocycles. The Morgan fingerprint density at radius 2 is 1.83 bits per heavy atom. The van der Waals surface area contributed by atoms with Crippen LogP contribution in [0.5, 0.6) is 0 Å². The predicted molar refractivity (Wildman–Crippen MR) is 162 cm³/mol. The van der Waals surface area contributed by atoms with Gasteiger partial charge in [-0.25, -0.2) is 14.8 Å². The van der Waals surface area contributed by atoms with E-state index in [1.165, 1.54) is 0 Å². The lowest BCUT2D eigenvalue weighted by atomic mass is 10.1. The Balaban J connectivity index is 1.27. The second kappa shape index (κ2) is 12.3. The number of nitrogens with two attached hydrogens (primary N) is 1. The number of benzene rings is 1. The van der Waals surface area contributed by atoms with Crippen molar-refractivity contribution >= 4 is 29.1 Å². The van der Waals surface area contributed by atoms with Gasteiger partial charge in [0.15, 0.2) is 11.6 Å². The van der Waals surface area contributed by atoms with Crippen LogP contribution in [0.3, 0.4) is 0 Å². The van der Waals surface area contributed by atoms with Crippen LogP contribution < -0.4 is 15.5 Å². The largest absolute Gasteiger partial charge is 0.444 e. The molecule has 2 N–H and O–H groups in total. The number of ether oxygens (including phenoxy) is 2. The van der Waals surface area contributed by atoms with Crippen LogP contribution in [0, 0.1) is 0 Å². The van der Waals surface area contributed by atoms with Gasteiger partial charge in [-0.15, -0.1) is 0 Å². The molecule has 0 unspecified atom stereocenters. The molecule has 3 aromatic rings. The van der Waals surface area contributed by atoms with Gasteiger partial charge in [0.05, 0.1) is 25.1 Å². The maximum atomic E-state index is 13.4. The number of hydrogen-bond acceptors (Lipinski definition) is 10. The van der Waals surface area contributed by atoms with Crippen LogP contribution in [-0.2, 0) is 15.9 Å². The zero-order chi connectivity index (χ0) is 29.9. The van der Waals surface area contributed by atoms with Crippen molar-refractivity contribution in [2.45, 2.75) is 45.3 Å². The Labute approximate surface area is 246 Å². The third kappa shape index (κ3) is 6.79. The number of morpholine rings is 1. The summed E-state index contributed by atoms with van der Waals surface area (Å²) in [7, 11) is 2.03. The number of ketones is 1. The number of nitrogen functional groups attached to an aromatic ring is 1. The molecule has 222 valence electrons. The second-order valence-corrected chi connectivity index (χ2v) is 11.7. The van der Waals surface area contributed by atoms with Crippen molar-refractivity contribution in [3.63, 3.8) is 0 Å². The number of carbonyl (C=O) groups excluding carboxylic acids is 2. The second-order valence-electron chi connectivity index (χ2n) is 11.7. The summed E-state index contributed by atoms with van der Waals surface area (Å²) in [5, 5.41) is 0. The first kappa shape index (κ1) is 29.2. The quantitative estimate of drug-likeness (QED) is 0.417. The van der Waals surface area contributed by atoms with Crippen molar-refractivity contribution in [2.75, 3.05) is 62.0 Å². The van der Waals surface area contributed by atoms with E-state index in [1.807, 2.05) is 58.2 Å². The molecule has 0 bridgehead atoms. The summed E-state index contributed by atoms with van der Waals surface area (Å²) in [4.78, 5) is 45.2. The maximum Gasteiger partial charge on any atom is 0.410 e. The van der Waals surface area contributed by atoms with Crippen LogP contribution in [0.2, 0.25) is 0 Å². The molecule has 1 aromatic carbocycles. The van der Waals surface area contributed by atoms with E-state index < -0.39 is 5.60 Å². The van der Waals surface area contributed by atoms with E-state index >= 15 is 0 Å². The molecule has 2 aromatic heterocycles. The lowest BCUT2D eigenvalue weighted by Crippen LogP contribution is -2.39. The average Bonchev–Trinajstić information content (AvgIpc) is 3.48. The minimum atomic E-state index is -0.517. The molecule has 1 atom stereocenters. The number of Topliss-reactive ketones (excluding diaryl/α,β-unsaturated/α-hetero) is 1. The van der Waals surface area contributed by atoms with Crippen LogP contribution in [0.15, 0.2) is 48.9 Å². The highest BCUT2D eigenvalue weighted by Gasteiger charge is 2.32. The lowest BCUT2D eigenvalue weighted by Gasteiger charge is -2.30.